The topological polar surface area (TPSA) is 93.1 Å². The normalized spacial score (nSPS) is 31.2. The van der Waals surface area contributed by atoms with Gasteiger partial charge < -0.3 is 14.9 Å². The molecular weight excluding hydrogens is 284 g/mol. The number of hydrogen-bond acceptors (Lipinski definition) is 6. The van der Waals surface area contributed by atoms with Gasteiger partial charge in [0.15, 0.2) is 6.29 Å². The van der Waals surface area contributed by atoms with Crippen molar-refractivity contribution in [2.75, 3.05) is 0 Å². The van der Waals surface area contributed by atoms with Crippen molar-refractivity contribution in [3.05, 3.63) is 29.8 Å². The van der Waals surface area contributed by atoms with Crippen LogP contribution in [0.1, 0.15) is 18.9 Å². The molecule has 20 heavy (non-hydrogen) atoms. The summed E-state index contributed by atoms with van der Waals surface area (Å²) in [6.07, 6.45) is -3.95. The van der Waals surface area contributed by atoms with Gasteiger partial charge in [0.2, 0.25) is 0 Å². The number of ether oxygens (including phenoxy) is 1. The fourth-order valence-electron chi connectivity index (χ4n) is 1.95. The van der Waals surface area contributed by atoms with E-state index in [0.717, 1.165) is 5.56 Å². The quantitative estimate of drug-likeness (QED) is 0.792. The molecule has 0 spiro atoms. The summed E-state index contributed by atoms with van der Waals surface area (Å²) < 4.78 is 34.2. The van der Waals surface area contributed by atoms with Crippen molar-refractivity contribution in [2.24, 2.45) is 0 Å². The van der Waals surface area contributed by atoms with Crippen LogP contribution in [0.15, 0.2) is 29.2 Å². The van der Waals surface area contributed by atoms with Crippen molar-refractivity contribution in [1.29, 1.82) is 0 Å². The van der Waals surface area contributed by atoms with Crippen LogP contribution in [0.5, 0.6) is 0 Å². The fraction of sp³-hybridized carbons (Fsp3) is 0.538. The lowest BCUT2D eigenvalue weighted by Gasteiger charge is -2.34. The monoisotopic (exact) mass is 302 g/mol. The van der Waals surface area contributed by atoms with E-state index in [1.807, 2.05) is 6.92 Å². The Morgan fingerprint density at radius 2 is 1.85 bits per heavy atom. The first-order valence-electron chi connectivity index (χ1n) is 6.31. The summed E-state index contributed by atoms with van der Waals surface area (Å²) in [7, 11) is -4.00. The molecule has 1 aromatic carbocycles. The molecule has 0 unspecified atom stereocenters. The maximum atomic E-state index is 12.1. The Hall–Kier alpha value is -0.990. The third kappa shape index (κ3) is 3.36. The van der Waals surface area contributed by atoms with Gasteiger partial charge in [-0.3, -0.25) is 4.18 Å². The second-order valence-corrected chi connectivity index (χ2v) is 6.51. The highest BCUT2D eigenvalue weighted by Gasteiger charge is 2.37. The van der Waals surface area contributed by atoms with E-state index in [1.165, 1.54) is 12.1 Å². The van der Waals surface area contributed by atoms with Gasteiger partial charge in [0.05, 0.1) is 17.1 Å². The summed E-state index contributed by atoms with van der Waals surface area (Å²) in [6, 6.07) is 6.17. The average Bonchev–Trinajstić information content (AvgIpc) is 2.36. The van der Waals surface area contributed by atoms with Gasteiger partial charge >= 0.3 is 0 Å². The molecule has 2 rings (SSSR count). The zero-order valence-electron chi connectivity index (χ0n) is 11.3. The van der Waals surface area contributed by atoms with E-state index >= 15 is 0 Å². The Balaban J connectivity index is 2.14. The molecule has 1 aliphatic heterocycles. The van der Waals surface area contributed by atoms with Gasteiger partial charge in [0.1, 0.15) is 6.10 Å². The van der Waals surface area contributed by atoms with Gasteiger partial charge in [-0.2, -0.15) is 8.42 Å². The van der Waals surface area contributed by atoms with E-state index in [4.69, 9.17) is 8.92 Å². The van der Waals surface area contributed by atoms with Crippen LogP contribution in [0.4, 0.5) is 0 Å². The minimum Gasteiger partial charge on any atom is -0.390 e. The highest BCUT2D eigenvalue weighted by Crippen LogP contribution is 2.25. The van der Waals surface area contributed by atoms with E-state index in [1.54, 1.807) is 19.1 Å². The molecule has 112 valence electrons. The van der Waals surface area contributed by atoms with Crippen LogP contribution in [0.3, 0.4) is 0 Å². The summed E-state index contributed by atoms with van der Waals surface area (Å²) in [5.41, 5.74) is 0.925. The van der Waals surface area contributed by atoms with Gasteiger partial charge in [-0.25, -0.2) is 0 Å². The SMILES string of the molecule is Cc1ccc(S(=O)(=O)O[C@@H]2C[C@@H](O)[C@@H](C)O[C@@H]2O)cc1. The van der Waals surface area contributed by atoms with Crippen molar-refractivity contribution in [1.82, 2.24) is 0 Å². The number of benzene rings is 1. The maximum Gasteiger partial charge on any atom is 0.297 e. The van der Waals surface area contributed by atoms with Crippen molar-refractivity contribution in [3.8, 4) is 0 Å². The molecule has 1 saturated heterocycles. The highest BCUT2D eigenvalue weighted by atomic mass is 32.2. The van der Waals surface area contributed by atoms with Gasteiger partial charge in [-0.05, 0) is 26.0 Å². The Kier molecular flexibility index (Phi) is 4.46. The van der Waals surface area contributed by atoms with E-state index in [-0.39, 0.29) is 11.3 Å². The summed E-state index contributed by atoms with van der Waals surface area (Å²) in [6.45, 7) is 3.44. The molecule has 4 atom stereocenters. The fourth-order valence-corrected chi connectivity index (χ4v) is 3.03. The second kappa shape index (κ2) is 5.79. The predicted molar refractivity (Wildman–Crippen MR) is 70.4 cm³/mol. The Bertz CT molecular complexity index is 553. The molecule has 0 saturated carbocycles. The lowest BCUT2D eigenvalue weighted by atomic mass is 10.0. The number of aliphatic hydroxyl groups excluding tert-OH is 2. The van der Waals surface area contributed by atoms with Crippen LogP contribution >= 0.6 is 0 Å². The van der Waals surface area contributed by atoms with Gasteiger partial charge in [0, 0.05) is 6.42 Å². The first kappa shape index (κ1) is 15.4. The van der Waals surface area contributed by atoms with Crippen molar-refractivity contribution in [3.63, 3.8) is 0 Å². The predicted octanol–water partition coefficient (Wildman–Crippen LogP) is 0.557. The van der Waals surface area contributed by atoms with Crippen LogP contribution in [0.2, 0.25) is 0 Å². The maximum absolute atomic E-state index is 12.1. The number of hydrogen-bond donors (Lipinski definition) is 2. The third-order valence-electron chi connectivity index (χ3n) is 3.25. The lowest BCUT2D eigenvalue weighted by molar-refractivity contribution is -0.233. The Labute approximate surface area is 118 Å². The number of aliphatic hydroxyl groups is 2. The minimum absolute atomic E-state index is 0.00316. The van der Waals surface area contributed by atoms with Crippen molar-refractivity contribution in [2.45, 2.75) is 49.8 Å². The molecule has 1 fully saturated rings. The molecule has 1 aliphatic rings. The molecule has 6 nitrogen and oxygen atoms in total. The van der Waals surface area contributed by atoms with Crippen LogP contribution in [0.25, 0.3) is 0 Å². The third-order valence-corrected chi connectivity index (χ3v) is 4.60. The average molecular weight is 302 g/mol. The Morgan fingerprint density at radius 3 is 2.45 bits per heavy atom. The van der Waals surface area contributed by atoms with Crippen LogP contribution in [-0.4, -0.2) is 43.2 Å². The smallest absolute Gasteiger partial charge is 0.297 e. The van der Waals surface area contributed by atoms with Crippen molar-refractivity contribution < 1.29 is 27.6 Å². The van der Waals surface area contributed by atoms with Crippen LogP contribution < -0.4 is 0 Å². The zero-order chi connectivity index (χ0) is 14.9. The van der Waals surface area contributed by atoms with Crippen LogP contribution in [-0.2, 0) is 19.0 Å². The van der Waals surface area contributed by atoms with E-state index in [0.29, 0.717) is 0 Å². The van der Waals surface area contributed by atoms with Crippen LogP contribution in [0, 0.1) is 6.92 Å². The second-order valence-electron chi connectivity index (χ2n) is 4.94. The highest BCUT2D eigenvalue weighted by molar-refractivity contribution is 7.86. The summed E-state index contributed by atoms with van der Waals surface area (Å²) in [5.74, 6) is 0. The molecule has 7 heteroatoms. The summed E-state index contributed by atoms with van der Waals surface area (Å²) >= 11 is 0. The molecule has 0 aromatic heterocycles. The van der Waals surface area contributed by atoms with Crippen molar-refractivity contribution >= 4 is 10.1 Å². The largest absolute Gasteiger partial charge is 0.390 e. The van der Waals surface area contributed by atoms with Gasteiger partial charge in [0.25, 0.3) is 10.1 Å². The molecule has 0 radical (unpaired) electrons. The summed E-state index contributed by atoms with van der Waals surface area (Å²) in [5, 5.41) is 19.3. The molecule has 1 heterocycles. The lowest BCUT2D eigenvalue weighted by Crippen LogP contribution is -2.47. The van der Waals surface area contributed by atoms with E-state index < -0.39 is 34.7 Å². The Morgan fingerprint density at radius 1 is 1.25 bits per heavy atom. The molecule has 0 amide bonds. The molecule has 0 bridgehead atoms. The molecule has 2 N–H and O–H groups in total. The summed E-state index contributed by atoms with van der Waals surface area (Å²) in [4.78, 5) is 0.00316. The van der Waals surface area contributed by atoms with Gasteiger partial charge in [-0.1, -0.05) is 17.7 Å². The number of aryl methyl sites for hydroxylation is 1. The first-order chi connectivity index (χ1) is 9.29. The molecule has 0 aliphatic carbocycles. The van der Waals surface area contributed by atoms with Gasteiger partial charge in [-0.15, -0.1) is 0 Å². The zero-order valence-corrected chi connectivity index (χ0v) is 12.1. The van der Waals surface area contributed by atoms with E-state index in [2.05, 4.69) is 0 Å². The van der Waals surface area contributed by atoms with E-state index in [9.17, 15) is 18.6 Å². The standard InChI is InChI=1S/C13H18O6S/c1-8-3-5-10(6-4-8)20(16,17)19-12-7-11(14)9(2)18-13(12)15/h3-6,9,11-15H,7H2,1-2H3/t9-,11-,12-,13+/m1/s1. The molecule has 1 aromatic rings. The molecular formula is C13H18O6S. The first-order valence-corrected chi connectivity index (χ1v) is 7.72. The number of rotatable bonds is 3. The minimum atomic E-state index is -4.00.